The van der Waals surface area contributed by atoms with Crippen molar-refractivity contribution >= 4 is 23.4 Å². The third-order valence-electron chi connectivity index (χ3n) is 3.75. The number of carbonyl (C=O) groups excluding carboxylic acids is 1. The zero-order chi connectivity index (χ0) is 19.2. The number of carbonyl (C=O) groups is 1. The number of benzene rings is 2. The van der Waals surface area contributed by atoms with Gasteiger partial charge >= 0.3 is 0 Å². The first kappa shape index (κ1) is 18.9. The lowest BCUT2D eigenvalue weighted by Gasteiger charge is -2.10. The van der Waals surface area contributed by atoms with Gasteiger partial charge in [-0.15, -0.1) is 5.10 Å². The molecule has 1 amide bonds. The average Bonchev–Trinajstić information content (AvgIpc) is 3.09. The number of rotatable bonds is 7. The summed E-state index contributed by atoms with van der Waals surface area (Å²) in [5.74, 6) is 0.661. The van der Waals surface area contributed by atoms with Gasteiger partial charge in [-0.25, -0.2) is 9.37 Å². The van der Waals surface area contributed by atoms with E-state index in [-0.39, 0.29) is 24.0 Å². The van der Waals surface area contributed by atoms with Crippen LogP contribution < -0.4 is 10.1 Å². The number of aromatic amines is 1. The number of thioether (sulfide) groups is 1. The van der Waals surface area contributed by atoms with Crippen LogP contribution >= 0.6 is 11.8 Å². The average molecular weight is 386 g/mol. The number of H-pyrrole nitrogens is 1. The first-order valence-electron chi connectivity index (χ1n) is 8.30. The fraction of sp³-hybridized carbons (Fsp3) is 0.211. The van der Waals surface area contributed by atoms with Crippen molar-refractivity contribution in [3.8, 4) is 5.75 Å². The molecule has 0 aliphatic carbocycles. The number of para-hydroxylation sites is 2. The van der Waals surface area contributed by atoms with E-state index in [4.69, 9.17) is 4.74 Å². The van der Waals surface area contributed by atoms with Gasteiger partial charge in [-0.05, 0) is 37.1 Å². The molecule has 27 heavy (non-hydrogen) atoms. The van der Waals surface area contributed by atoms with Crippen molar-refractivity contribution in [1.29, 1.82) is 0 Å². The SMILES string of the molecule is Cc1cccc(C)c1OCc1nc(SCC(=O)Nc2ccccc2F)n[nH]1. The summed E-state index contributed by atoms with van der Waals surface area (Å²) in [5, 5.41) is 9.81. The van der Waals surface area contributed by atoms with Crippen LogP contribution in [0.25, 0.3) is 0 Å². The Labute approximate surface area is 160 Å². The van der Waals surface area contributed by atoms with Crippen LogP contribution in [0, 0.1) is 19.7 Å². The van der Waals surface area contributed by atoms with Gasteiger partial charge in [0.2, 0.25) is 11.1 Å². The van der Waals surface area contributed by atoms with E-state index < -0.39 is 5.82 Å². The van der Waals surface area contributed by atoms with Crippen LogP contribution in [0.15, 0.2) is 47.6 Å². The van der Waals surface area contributed by atoms with E-state index in [0.717, 1.165) is 28.6 Å². The maximum atomic E-state index is 13.5. The Morgan fingerprint density at radius 3 is 2.67 bits per heavy atom. The van der Waals surface area contributed by atoms with Gasteiger partial charge in [-0.1, -0.05) is 42.1 Å². The molecule has 3 rings (SSSR count). The molecule has 0 atom stereocenters. The van der Waals surface area contributed by atoms with Gasteiger partial charge in [0.1, 0.15) is 18.2 Å². The number of hydrogen-bond donors (Lipinski definition) is 2. The highest BCUT2D eigenvalue weighted by Crippen LogP contribution is 2.23. The normalized spacial score (nSPS) is 10.6. The lowest BCUT2D eigenvalue weighted by atomic mass is 10.1. The van der Waals surface area contributed by atoms with Crippen molar-refractivity contribution in [3.63, 3.8) is 0 Å². The fourth-order valence-corrected chi connectivity index (χ4v) is 3.07. The number of halogens is 1. The van der Waals surface area contributed by atoms with Crippen LogP contribution in [0.4, 0.5) is 10.1 Å². The second kappa shape index (κ2) is 8.68. The molecule has 6 nitrogen and oxygen atoms in total. The number of amides is 1. The number of hydrogen-bond acceptors (Lipinski definition) is 5. The van der Waals surface area contributed by atoms with Gasteiger partial charge in [-0.2, -0.15) is 0 Å². The third-order valence-corrected chi connectivity index (χ3v) is 4.60. The molecule has 1 aromatic heterocycles. The lowest BCUT2D eigenvalue weighted by molar-refractivity contribution is -0.113. The van der Waals surface area contributed by atoms with Gasteiger partial charge < -0.3 is 10.1 Å². The molecule has 0 unspecified atom stereocenters. The van der Waals surface area contributed by atoms with E-state index in [1.807, 2.05) is 32.0 Å². The van der Waals surface area contributed by atoms with Crippen LogP contribution in [0.3, 0.4) is 0 Å². The van der Waals surface area contributed by atoms with Gasteiger partial charge in [0.05, 0.1) is 11.4 Å². The Balaban J connectivity index is 1.51. The standard InChI is InChI=1S/C19H19FN4O2S/c1-12-6-5-7-13(2)18(12)26-10-16-22-19(24-23-16)27-11-17(25)21-15-9-4-3-8-14(15)20/h3-9H,10-11H2,1-2H3,(H,21,25)(H,22,23,24). The van der Waals surface area contributed by atoms with Crippen molar-refractivity contribution in [2.45, 2.75) is 25.6 Å². The Bertz CT molecular complexity index is 925. The third kappa shape index (κ3) is 5.07. The van der Waals surface area contributed by atoms with E-state index in [0.29, 0.717) is 11.0 Å². The highest BCUT2D eigenvalue weighted by molar-refractivity contribution is 7.99. The van der Waals surface area contributed by atoms with E-state index in [2.05, 4.69) is 20.5 Å². The molecule has 8 heteroatoms. The van der Waals surface area contributed by atoms with Crippen LogP contribution in [0.5, 0.6) is 5.75 Å². The molecule has 0 fully saturated rings. The Morgan fingerprint density at radius 1 is 1.19 bits per heavy atom. The minimum Gasteiger partial charge on any atom is -0.485 e. The molecule has 3 aromatic rings. The maximum Gasteiger partial charge on any atom is 0.234 e. The number of nitrogens with one attached hydrogen (secondary N) is 2. The van der Waals surface area contributed by atoms with Crippen LogP contribution in [0.2, 0.25) is 0 Å². The zero-order valence-corrected chi connectivity index (χ0v) is 15.8. The summed E-state index contributed by atoms with van der Waals surface area (Å²) < 4.78 is 19.4. The first-order valence-corrected chi connectivity index (χ1v) is 9.29. The molecule has 0 saturated heterocycles. The molecule has 0 spiro atoms. The largest absolute Gasteiger partial charge is 0.485 e. The monoisotopic (exact) mass is 386 g/mol. The van der Waals surface area contributed by atoms with Crippen LogP contribution in [0.1, 0.15) is 17.0 Å². The number of aromatic nitrogens is 3. The molecule has 0 aliphatic rings. The Kier molecular flexibility index (Phi) is 6.08. The minimum absolute atomic E-state index is 0.0728. The number of ether oxygens (including phenoxy) is 1. The topological polar surface area (TPSA) is 79.9 Å². The Morgan fingerprint density at radius 2 is 1.93 bits per heavy atom. The van der Waals surface area contributed by atoms with E-state index in [1.54, 1.807) is 12.1 Å². The summed E-state index contributed by atoms with van der Waals surface area (Å²) in [4.78, 5) is 16.2. The fourth-order valence-electron chi connectivity index (χ4n) is 2.45. The summed E-state index contributed by atoms with van der Waals surface area (Å²) in [5.41, 5.74) is 2.25. The van der Waals surface area contributed by atoms with Crippen molar-refractivity contribution in [3.05, 3.63) is 65.2 Å². The van der Waals surface area contributed by atoms with Gasteiger partial charge in [-0.3, -0.25) is 9.89 Å². The summed E-state index contributed by atoms with van der Waals surface area (Å²) >= 11 is 1.16. The van der Waals surface area contributed by atoms with Gasteiger partial charge in [0.15, 0.2) is 5.82 Å². The predicted octanol–water partition coefficient (Wildman–Crippen LogP) is 3.87. The highest BCUT2D eigenvalue weighted by Gasteiger charge is 2.11. The molecule has 0 radical (unpaired) electrons. The molecular formula is C19H19FN4O2S. The van der Waals surface area contributed by atoms with Gasteiger partial charge in [0.25, 0.3) is 0 Å². The summed E-state index contributed by atoms with van der Waals surface area (Å²) in [6.07, 6.45) is 0. The zero-order valence-electron chi connectivity index (χ0n) is 15.0. The molecule has 1 heterocycles. The van der Waals surface area contributed by atoms with E-state index in [9.17, 15) is 9.18 Å². The molecule has 0 aliphatic heterocycles. The minimum atomic E-state index is -0.473. The summed E-state index contributed by atoms with van der Waals surface area (Å²) in [6, 6.07) is 12.0. The first-order chi connectivity index (χ1) is 13.0. The summed E-state index contributed by atoms with van der Waals surface area (Å²) in [7, 11) is 0. The molecule has 2 N–H and O–H groups in total. The Hall–Kier alpha value is -2.87. The predicted molar refractivity (Wildman–Crippen MR) is 102 cm³/mol. The van der Waals surface area contributed by atoms with Crippen molar-refractivity contribution in [2.24, 2.45) is 0 Å². The quantitative estimate of drug-likeness (QED) is 0.603. The number of aryl methyl sites for hydroxylation is 2. The number of anilines is 1. The second-order valence-corrected chi connectivity index (χ2v) is 6.83. The molecular weight excluding hydrogens is 367 g/mol. The van der Waals surface area contributed by atoms with Gasteiger partial charge in [0, 0.05) is 0 Å². The lowest BCUT2D eigenvalue weighted by Crippen LogP contribution is -2.15. The maximum absolute atomic E-state index is 13.5. The molecule has 140 valence electrons. The number of nitrogens with zero attached hydrogens (tertiary/aromatic N) is 2. The van der Waals surface area contributed by atoms with E-state index >= 15 is 0 Å². The molecule has 2 aromatic carbocycles. The van der Waals surface area contributed by atoms with Crippen molar-refractivity contribution < 1.29 is 13.9 Å². The highest BCUT2D eigenvalue weighted by atomic mass is 32.2. The van der Waals surface area contributed by atoms with E-state index in [1.165, 1.54) is 12.1 Å². The van der Waals surface area contributed by atoms with Crippen LogP contribution in [-0.4, -0.2) is 26.8 Å². The van der Waals surface area contributed by atoms with Crippen molar-refractivity contribution in [2.75, 3.05) is 11.1 Å². The van der Waals surface area contributed by atoms with Crippen molar-refractivity contribution in [1.82, 2.24) is 15.2 Å². The van der Waals surface area contributed by atoms with Crippen LogP contribution in [-0.2, 0) is 11.4 Å². The smallest absolute Gasteiger partial charge is 0.234 e. The molecule has 0 saturated carbocycles. The second-order valence-electron chi connectivity index (χ2n) is 5.89. The summed E-state index contributed by atoms with van der Waals surface area (Å²) in [6.45, 7) is 4.22. The molecule has 0 bridgehead atoms.